The summed E-state index contributed by atoms with van der Waals surface area (Å²) in [5.74, 6) is 0. The van der Waals surface area contributed by atoms with Gasteiger partial charge in [-0.1, -0.05) is 0 Å². The van der Waals surface area contributed by atoms with E-state index in [0.717, 1.165) is 0 Å². The first-order chi connectivity index (χ1) is 4.20. The third kappa shape index (κ3) is 4.51. The highest BCUT2D eigenvalue weighted by molar-refractivity contribution is 6.57. The van der Waals surface area contributed by atoms with Gasteiger partial charge in [-0.15, -0.1) is 0 Å². The molecular weight excluding hydrogens is 118 g/mol. The first-order valence-electron chi connectivity index (χ1n) is 2.91. The molecule has 0 aliphatic heterocycles. The van der Waals surface area contributed by atoms with Crippen LogP contribution in [0.25, 0.3) is 0 Å². The molecule has 52 valence electrons. The summed E-state index contributed by atoms with van der Waals surface area (Å²) < 4.78 is 14.7. The Morgan fingerprint density at radius 2 is 1.22 bits per heavy atom. The van der Waals surface area contributed by atoms with Gasteiger partial charge in [-0.25, -0.2) is 0 Å². The van der Waals surface area contributed by atoms with Gasteiger partial charge in [0.05, 0.1) is 0 Å². The molecule has 0 aromatic carbocycles. The van der Waals surface area contributed by atoms with Crippen molar-refractivity contribution in [1.82, 2.24) is 0 Å². The molecule has 0 radical (unpaired) electrons. The van der Waals surface area contributed by atoms with Crippen molar-refractivity contribution in [2.24, 2.45) is 0 Å². The molecule has 0 bridgehead atoms. The van der Waals surface area contributed by atoms with Gasteiger partial charge in [-0.05, 0) is 13.6 Å². The monoisotopic (exact) mass is 130 g/mol. The van der Waals surface area contributed by atoms with Crippen molar-refractivity contribution >= 4 is 14.2 Å². The minimum atomic E-state index is -0.194. The Kier molecular flexibility index (Phi) is 4.85. The normalized spacial score (nSPS) is 9.33. The van der Waals surface area contributed by atoms with Crippen LogP contribution in [0.15, 0.2) is 0 Å². The summed E-state index contributed by atoms with van der Waals surface area (Å²) >= 11 is 0. The van der Waals surface area contributed by atoms with Crippen molar-refractivity contribution in [3.05, 3.63) is 0 Å². The second kappa shape index (κ2) is 4.85. The molecule has 0 aliphatic rings. The molecule has 0 heterocycles. The van der Waals surface area contributed by atoms with Gasteiger partial charge in [0, 0.05) is 14.2 Å². The lowest BCUT2D eigenvalue weighted by Gasteiger charge is -2.09. The van der Waals surface area contributed by atoms with Gasteiger partial charge in [0.1, 0.15) is 0 Å². The molecule has 0 aromatic heterocycles. The summed E-state index contributed by atoms with van der Waals surface area (Å²) in [6.07, 6.45) is 0. The van der Waals surface area contributed by atoms with E-state index in [4.69, 9.17) is 13.9 Å². The van der Waals surface area contributed by atoms with Gasteiger partial charge < -0.3 is 13.9 Å². The van der Waals surface area contributed by atoms with Crippen molar-refractivity contribution < 1.29 is 13.9 Å². The van der Waals surface area contributed by atoms with Crippen LogP contribution in [0.4, 0.5) is 0 Å². The van der Waals surface area contributed by atoms with E-state index in [1.165, 1.54) is 0 Å². The molecule has 0 saturated carbocycles. The molecule has 0 spiro atoms. The summed E-state index contributed by atoms with van der Waals surface area (Å²) in [5, 5.41) is 0. The Hall–Kier alpha value is 0.00987. The fraction of sp³-hybridized carbons (Fsp3) is 1.00. The number of hydrogen-bond acceptors (Lipinski definition) is 3. The molecule has 0 fully saturated rings. The van der Waals surface area contributed by atoms with E-state index in [9.17, 15) is 0 Å². The summed E-state index contributed by atoms with van der Waals surface area (Å²) in [6.45, 7) is 3.63. The Bertz CT molecular complexity index is 62.8. The van der Waals surface area contributed by atoms with Crippen LogP contribution in [0.3, 0.4) is 0 Å². The van der Waals surface area contributed by atoms with Crippen LogP contribution in [-0.2, 0) is 13.9 Å². The van der Waals surface area contributed by atoms with Crippen molar-refractivity contribution in [2.45, 2.75) is 13.6 Å². The number of hydrogen-bond donors (Lipinski definition) is 0. The maximum atomic E-state index is 5.10. The zero-order valence-corrected chi connectivity index (χ0v) is 6.38. The molecule has 0 aromatic rings. The summed E-state index contributed by atoms with van der Waals surface area (Å²) in [5.41, 5.74) is 0. The molecule has 0 rings (SSSR count). The molecule has 0 aliphatic carbocycles. The second-order valence-electron chi connectivity index (χ2n) is 1.74. The molecular formula is C4H12B2O3. The standard InChI is InChI=1S/C4H12B2O3/c1-5(7-3)9-6(2)8-4/h1-4H3. The molecule has 0 amide bonds. The third-order valence-corrected chi connectivity index (χ3v) is 1.05. The second-order valence-corrected chi connectivity index (χ2v) is 1.74. The minimum Gasteiger partial charge on any atom is -0.451 e. The molecule has 0 atom stereocenters. The lowest BCUT2D eigenvalue weighted by Crippen LogP contribution is -2.27. The van der Waals surface area contributed by atoms with E-state index in [2.05, 4.69) is 0 Å². The van der Waals surface area contributed by atoms with Crippen LogP contribution < -0.4 is 0 Å². The molecule has 9 heavy (non-hydrogen) atoms. The van der Waals surface area contributed by atoms with E-state index < -0.39 is 0 Å². The summed E-state index contributed by atoms with van der Waals surface area (Å²) in [7, 11) is 2.79. The number of rotatable bonds is 4. The van der Waals surface area contributed by atoms with Gasteiger partial charge in [0.15, 0.2) is 0 Å². The highest BCUT2D eigenvalue weighted by Crippen LogP contribution is 1.90. The van der Waals surface area contributed by atoms with E-state index in [1.807, 2.05) is 13.6 Å². The van der Waals surface area contributed by atoms with Crippen molar-refractivity contribution in [1.29, 1.82) is 0 Å². The average molecular weight is 130 g/mol. The molecule has 5 heteroatoms. The first-order valence-corrected chi connectivity index (χ1v) is 2.91. The minimum absolute atomic E-state index is 0.194. The SMILES string of the molecule is COB(C)OB(C)OC. The van der Waals surface area contributed by atoms with Gasteiger partial charge in [0.2, 0.25) is 0 Å². The topological polar surface area (TPSA) is 27.7 Å². The molecule has 0 saturated heterocycles. The van der Waals surface area contributed by atoms with Crippen LogP contribution >= 0.6 is 0 Å². The van der Waals surface area contributed by atoms with Crippen LogP contribution in [-0.4, -0.2) is 28.5 Å². The van der Waals surface area contributed by atoms with Gasteiger partial charge in [-0.2, -0.15) is 0 Å². The fourth-order valence-corrected chi connectivity index (χ4v) is 0.381. The molecule has 0 N–H and O–H groups in total. The van der Waals surface area contributed by atoms with Crippen LogP contribution in [0.5, 0.6) is 0 Å². The molecule has 0 unspecified atom stereocenters. The van der Waals surface area contributed by atoms with Gasteiger partial charge in [-0.3, -0.25) is 0 Å². The van der Waals surface area contributed by atoms with E-state index in [0.29, 0.717) is 0 Å². The summed E-state index contributed by atoms with van der Waals surface area (Å²) in [4.78, 5) is 0. The van der Waals surface area contributed by atoms with E-state index >= 15 is 0 Å². The quantitative estimate of drug-likeness (QED) is 0.519. The average Bonchev–Trinajstić information content (AvgIpc) is 1.87. The van der Waals surface area contributed by atoms with Crippen molar-refractivity contribution in [3.63, 3.8) is 0 Å². The van der Waals surface area contributed by atoms with Gasteiger partial charge >= 0.3 is 14.2 Å². The Labute approximate surface area is 57.0 Å². The smallest absolute Gasteiger partial charge is 0.439 e. The predicted octanol–water partition coefficient (Wildman–Crippen LogP) is 0.532. The highest BCUT2D eigenvalue weighted by atomic mass is 16.6. The maximum absolute atomic E-state index is 5.10. The lowest BCUT2D eigenvalue weighted by atomic mass is 9.85. The third-order valence-electron chi connectivity index (χ3n) is 1.05. The van der Waals surface area contributed by atoms with Gasteiger partial charge in [0.25, 0.3) is 0 Å². The lowest BCUT2D eigenvalue weighted by molar-refractivity contribution is 0.288. The Balaban J connectivity index is 3.22. The van der Waals surface area contributed by atoms with E-state index in [1.54, 1.807) is 14.2 Å². The largest absolute Gasteiger partial charge is 0.451 e. The molecule has 3 nitrogen and oxygen atoms in total. The zero-order chi connectivity index (χ0) is 7.28. The highest BCUT2D eigenvalue weighted by Gasteiger charge is 2.15. The Morgan fingerprint density at radius 3 is 1.44 bits per heavy atom. The van der Waals surface area contributed by atoms with E-state index in [-0.39, 0.29) is 14.2 Å². The van der Waals surface area contributed by atoms with Crippen LogP contribution in [0, 0.1) is 0 Å². The van der Waals surface area contributed by atoms with Crippen LogP contribution in [0.1, 0.15) is 0 Å². The van der Waals surface area contributed by atoms with Crippen molar-refractivity contribution in [2.75, 3.05) is 14.2 Å². The fourth-order valence-electron chi connectivity index (χ4n) is 0.381. The van der Waals surface area contributed by atoms with Crippen LogP contribution in [0.2, 0.25) is 13.6 Å². The zero-order valence-electron chi connectivity index (χ0n) is 6.38. The van der Waals surface area contributed by atoms with Crippen molar-refractivity contribution in [3.8, 4) is 0 Å². The first kappa shape index (κ1) is 9.01. The Morgan fingerprint density at radius 1 is 0.889 bits per heavy atom. The summed E-state index contributed by atoms with van der Waals surface area (Å²) in [6, 6.07) is 0. The maximum Gasteiger partial charge on any atom is 0.439 e. The predicted molar refractivity (Wildman–Crippen MR) is 38.3 cm³/mol.